The Morgan fingerprint density at radius 2 is 1.95 bits per heavy atom. The molecule has 0 heterocycles. The number of benzene rings is 1. The molecular weight excluding hydrogens is 316 g/mol. The Balaban J connectivity index is 2.11. The van der Waals surface area contributed by atoms with E-state index in [-0.39, 0.29) is 5.91 Å². The Bertz CT molecular complexity index is 503. The molecule has 0 aromatic heterocycles. The Morgan fingerprint density at radius 3 is 2.55 bits per heavy atom. The smallest absolute Gasteiger partial charge is 0.255 e. The fourth-order valence-electron chi connectivity index (χ4n) is 2.83. The highest BCUT2D eigenvalue weighted by Crippen LogP contribution is 2.37. The Labute approximate surface area is 129 Å². The fourth-order valence-corrected chi connectivity index (χ4v) is 3.25. The number of carbonyl (C=O) groups is 1. The third kappa shape index (κ3) is 3.35. The molecule has 0 saturated heterocycles. The van der Waals surface area contributed by atoms with Gasteiger partial charge in [-0.05, 0) is 65.2 Å². The second kappa shape index (κ2) is 5.76. The van der Waals surface area contributed by atoms with Crippen LogP contribution in [-0.4, -0.2) is 23.9 Å². The van der Waals surface area contributed by atoms with Crippen molar-refractivity contribution in [1.29, 1.82) is 0 Å². The highest BCUT2D eigenvalue weighted by atomic mass is 79.9. The number of carbonyl (C=O) groups excluding carboxylic acids is 1. The molecule has 110 valence electrons. The summed E-state index contributed by atoms with van der Waals surface area (Å²) in [4.78, 5) is 14.5. The molecule has 1 aromatic rings. The van der Waals surface area contributed by atoms with Crippen LogP contribution in [0.25, 0.3) is 0 Å². The molecule has 0 bridgehead atoms. The van der Waals surface area contributed by atoms with Gasteiger partial charge in [-0.3, -0.25) is 4.79 Å². The quantitative estimate of drug-likeness (QED) is 0.826. The van der Waals surface area contributed by atoms with Crippen LogP contribution in [-0.2, 0) is 0 Å². The lowest BCUT2D eigenvalue weighted by molar-refractivity contribution is 0.0634. The normalized spacial score (nSPS) is 18.8. The van der Waals surface area contributed by atoms with Crippen LogP contribution in [0, 0.1) is 5.41 Å². The number of nitrogens with zero attached hydrogens (tertiary/aromatic N) is 1. The van der Waals surface area contributed by atoms with Crippen molar-refractivity contribution in [1.82, 2.24) is 4.90 Å². The number of hydrogen-bond donors (Lipinski definition) is 1. The van der Waals surface area contributed by atoms with Crippen molar-refractivity contribution in [3.63, 3.8) is 0 Å². The van der Waals surface area contributed by atoms with Crippen LogP contribution in [0.2, 0.25) is 0 Å². The molecule has 1 fully saturated rings. The zero-order chi connectivity index (χ0) is 14.9. The topological polar surface area (TPSA) is 46.3 Å². The van der Waals surface area contributed by atoms with Gasteiger partial charge in [0.25, 0.3) is 5.91 Å². The van der Waals surface area contributed by atoms with Crippen LogP contribution < -0.4 is 5.73 Å². The van der Waals surface area contributed by atoms with Crippen molar-refractivity contribution in [2.45, 2.75) is 45.6 Å². The number of rotatable bonds is 2. The molecule has 2 N–H and O–H groups in total. The average molecular weight is 339 g/mol. The second-order valence-corrected chi connectivity index (χ2v) is 7.41. The van der Waals surface area contributed by atoms with Gasteiger partial charge in [0.15, 0.2) is 0 Å². The summed E-state index contributed by atoms with van der Waals surface area (Å²) in [5.41, 5.74) is 7.47. The predicted octanol–water partition coefficient (Wildman–Crippen LogP) is 4.07. The van der Waals surface area contributed by atoms with E-state index >= 15 is 0 Å². The van der Waals surface area contributed by atoms with E-state index < -0.39 is 0 Å². The zero-order valence-corrected chi connectivity index (χ0v) is 14.0. The van der Waals surface area contributed by atoms with Crippen molar-refractivity contribution in [3.8, 4) is 0 Å². The van der Waals surface area contributed by atoms with Gasteiger partial charge in [0, 0.05) is 23.2 Å². The van der Waals surface area contributed by atoms with Crippen LogP contribution >= 0.6 is 15.9 Å². The van der Waals surface area contributed by atoms with E-state index in [1.807, 2.05) is 18.0 Å². The van der Waals surface area contributed by atoms with E-state index in [1.165, 1.54) is 12.8 Å². The van der Waals surface area contributed by atoms with Gasteiger partial charge in [-0.1, -0.05) is 13.8 Å². The van der Waals surface area contributed by atoms with Crippen LogP contribution in [0.3, 0.4) is 0 Å². The molecule has 1 aromatic carbocycles. The number of hydrogen-bond acceptors (Lipinski definition) is 2. The van der Waals surface area contributed by atoms with Crippen LogP contribution in [0.5, 0.6) is 0 Å². The zero-order valence-electron chi connectivity index (χ0n) is 12.4. The second-order valence-electron chi connectivity index (χ2n) is 6.55. The first-order valence-electron chi connectivity index (χ1n) is 7.12. The summed E-state index contributed by atoms with van der Waals surface area (Å²) in [6.45, 7) is 4.61. The van der Waals surface area contributed by atoms with Gasteiger partial charge in [0.05, 0.1) is 5.56 Å². The summed E-state index contributed by atoms with van der Waals surface area (Å²) < 4.78 is 0.805. The predicted molar refractivity (Wildman–Crippen MR) is 86.7 cm³/mol. The van der Waals surface area contributed by atoms with Gasteiger partial charge in [-0.15, -0.1) is 0 Å². The van der Waals surface area contributed by atoms with E-state index in [9.17, 15) is 4.79 Å². The van der Waals surface area contributed by atoms with Gasteiger partial charge in [0.1, 0.15) is 0 Å². The van der Waals surface area contributed by atoms with Gasteiger partial charge < -0.3 is 10.6 Å². The largest absolute Gasteiger partial charge is 0.399 e. The molecule has 0 atom stereocenters. The van der Waals surface area contributed by atoms with Crippen LogP contribution in [0.4, 0.5) is 5.69 Å². The maximum atomic E-state index is 12.6. The Hall–Kier alpha value is -1.03. The van der Waals surface area contributed by atoms with Crippen molar-refractivity contribution >= 4 is 27.5 Å². The molecule has 0 radical (unpaired) electrons. The molecule has 3 nitrogen and oxygen atoms in total. The lowest BCUT2D eigenvalue weighted by atomic mass is 9.75. The number of anilines is 1. The SMILES string of the molecule is CN(C(=O)c1cc(N)ccc1Br)C1CCC(C)(C)CC1. The summed E-state index contributed by atoms with van der Waals surface area (Å²) in [7, 11) is 1.90. The standard InChI is InChI=1S/C16H23BrN2O/c1-16(2)8-6-12(7-9-16)19(3)15(20)13-10-11(18)4-5-14(13)17/h4-5,10,12H,6-9,18H2,1-3H3. The van der Waals surface area contributed by atoms with Crippen molar-refractivity contribution in [3.05, 3.63) is 28.2 Å². The maximum absolute atomic E-state index is 12.6. The van der Waals surface area contributed by atoms with Crippen molar-refractivity contribution < 1.29 is 4.79 Å². The molecule has 1 aliphatic rings. The lowest BCUT2D eigenvalue weighted by Crippen LogP contribution is -2.41. The number of nitrogen functional groups attached to an aromatic ring is 1. The molecule has 0 unspecified atom stereocenters. The van der Waals surface area contributed by atoms with E-state index in [0.29, 0.717) is 22.7 Å². The first-order valence-corrected chi connectivity index (χ1v) is 7.92. The number of amides is 1. The summed E-state index contributed by atoms with van der Waals surface area (Å²) in [5.74, 6) is 0.0499. The van der Waals surface area contributed by atoms with E-state index in [0.717, 1.165) is 17.3 Å². The molecule has 2 rings (SSSR count). The van der Waals surface area contributed by atoms with Crippen LogP contribution in [0.1, 0.15) is 49.9 Å². The lowest BCUT2D eigenvalue weighted by Gasteiger charge is -2.38. The first kappa shape index (κ1) is 15.4. The minimum Gasteiger partial charge on any atom is -0.399 e. The minimum atomic E-state index is 0.0499. The molecule has 0 aliphatic heterocycles. The molecule has 1 aliphatic carbocycles. The Kier molecular flexibility index (Phi) is 4.43. The highest BCUT2D eigenvalue weighted by Gasteiger charge is 2.31. The third-order valence-corrected chi connectivity index (χ3v) is 5.09. The maximum Gasteiger partial charge on any atom is 0.255 e. The van der Waals surface area contributed by atoms with Crippen LogP contribution in [0.15, 0.2) is 22.7 Å². The van der Waals surface area contributed by atoms with E-state index in [1.54, 1.807) is 12.1 Å². The molecular formula is C16H23BrN2O. The Morgan fingerprint density at radius 1 is 1.35 bits per heavy atom. The number of halogens is 1. The van der Waals surface area contributed by atoms with Gasteiger partial charge in [0.2, 0.25) is 0 Å². The van der Waals surface area contributed by atoms with E-state index in [4.69, 9.17) is 5.73 Å². The third-order valence-electron chi connectivity index (χ3n) is 4.40. The molecule has 20 heavy (non-hydrogen) atoms. The monoisotopic (exact) mass is 338 g/mol. The summed E-state index contributed by atoms with van der Waals surface area (Å²) in [6.07, 6.45) is 4.51. The summed E-state index contributed by atoms with van der Waals surface area (Å²) in [5, 5.41) is 0. The first-order chi connectivity index (χ1) is 9.30. The van der Waals surface area contributed by atoms with E-state index in [2.05, 4.69) is 29.8 Å². The molecule has 1 amide bonds. The average Bonchev–Trinajstić information content (AvgIpc) is 2.40. The minimum absolute atomic E-state index is 0.0499. The summed E-state index contributed by atoms with van der Waals surface area (Å²) >= 11 is 3.44. The highest BCUT2D eigenvalue weighted by molar-refractivity contribution is 9.10. The molecule has 4 heteroatoms. The molecule has 0 spiro atoms. The fraction of sp³-hybridized carbons (Fsp3) is 0.562. The van der Waals surface area contributed by atoms with Gasteiger partial charge in [-0.25, -0.2) is 0 Å². The summed E-state index contributed by atoms with van der Waals surface area (Å²) in [6, 6.07) is 5.71. The van der Waals surface area contributed by atoms with Crippen molar-refractivity contribution in [2.24, 2.45) is 5.41 Å². The van der Waals surface area contributed by atoms with Gasteiger partial charge in [-0.2, -0.15) is 0 Å². The molecule has 1 saturated carbocycles. The van der Waals surface area contributed by atoms with Crippen molar-refractivity contribution in [2.75, 3.05) is 12.8 Å². The van der Waals surface area contributed by atoms with Gasteiger partial charge >= 0.3 is 0 Å². The number of nitrogens with two attached hydrogens (primary N) is 1.